The van der Waals surface area contributed by atoms with Gasteiger partial charge >= 0.3 is 0 Å². The highest BCUT2D eigenvalue weighted by molar-refractivity contribution is 5.77. The molecule has 1 heterocycles. The minimum absolute atomic E-state index is 0.0242. The van der Waals surface area contributed by atoms with Gasteiger partial charge in [0.15, 0.2) is 0 Å². The summed E-state index contributed by atoms with van der Waals surface area (Å²) in [5.41, 5.74) is 0.481. The molecule has 1 fully saturated rings. The molecule has 0 saturated carbocycles. The van der Waals surface area contributed by atoms with Crippen molar-refractivity contribution in [3.8, 4) is 6.07 Å². The molecule has 1 aliphatic rings. The third-order valence-electron chi connectivity index (χ3n) is 4.75. The Morgan fingerprint density at radius 2 is 1.50 bits per heavy atom. The zero-order valence-corrected chi connectivity index (χ0v) is 23.6. The Morgan fingerprint density at radius 3 is 1.72 bits per heavy atom. The molecule has 0 N–H and O–H groups in total. The third-order valence-corrected chi connectivity index (χ3v) is 4.75. The van der Waals surface area contributed by atoms with Gasteiger partial charge in [0.05, 0.1) is 19.0 Å². The first-order chi connectivity index (χ1) is 14.6. The van der Waals surface area contributed by atoms with Crippen LogP contribution in [0, 0.1) is 16.7 Å². The Kier molecular flexibility index (Phi) is 26.1. The summed E-state index contributed by atoms with van der Waals surface area (Å²) in [6.45, 7) is 25.4. The molecule has 0 radical (unpaired) electrons. The van der Waals surface area contributed by atoms with Gasteiger partial charge in [0.2, 0.25) is 0 Å². The highest BCUT2D eigenvalue weighted by Gasteiger charge is 2.42. The van der Waals surface area contributed by atoms with E-state index in [4.69, 9.17) is 5.26 Å². The maximum Gasteiger partial charge on any atom is 0.261 e. The summed E-state index contributed by atoms with van der Waals surface area (Å²) in [6, 6.07) is 1.72. The van der Waals surface area contributed by atoms with Crippen LogP contribution in [-0.4, -0.2) is 35.2 Å². The number of hydrogen-bond acceptors (Lipinski definition) is 3. The van der Waals surface area contributed by atoms with E-state index in [1.54, 1.807) is 6.07 Å². The molecule has 0 aromatic carbocycles. The van der Waals surface area contributed by atoms with Crippen LogP contribution in [0.1, 0.15) is 134 Å². The summed E-state index contributed by atoms with van der Waals surface area (Å²) in [4.78, 5) is 11.7. The van der Waals surface area contributed by atoms with Crippen molar-refractivity contribution in [2.45, 2.75) is 146 Å². The van der Waals surface area contributed by atoms with Crippen LogP contribution in [0.2, 0.25) is 0 Å². The largest absolute Gasteiger partial charge is 0.299 e. The molecule has 1 aliphatic heterocycles. The third kappa shape index (κ3) is 29.0. The van der Waals surface area contributed by atoms with Gasteiger partial charge in [0.1, 0.15) is 5.78 Å². The summed E-state index contributed by atoms with van der Waals surface area (Å²) in [5.74, 6) is -2.52. The molecule has 0 amide bonds. The topological polar surface area (TPSA) is 44.1 Å². The van der Waals surface area contributed by atoms with Gasteiger partial charge in [-0.1, -0.05) is 88.0 Å². The van der Waals surface area contributed by atoms with Crippen molar-refractivity contribution in [3.63, 3.8) is 0 Å². The zero-order chi connectivity index (χ0) is 26.4. The van der Waals surface area contributed by atoms with E-state index in [-0.39, 0.29) is 30.7 Å². The van der Waals surface area contributed by atoms with Gasteiger partial charge in [-0.25, -0.2) is 8.78 Å². The monoisotopic (exact) mass is 462 g/mol. The first-order valence-electron chi connectivity index (χ1n) is 12.6. The molecule has 3 nitrogen and oxygen atoms in total. The fraction of sp³-hybridized carbons (Fsp3) is 0.926. The molecule has 0 atom stereocenters. The average Bonchev–Trinajstić information content (AvgIpc) is 3.05. The number of nitriles is 1. The lowest BCUT2D eigenvalue weighted by molar-refractivity contribution is -0.116. The number of carbonyl (C=O) groups excluding carboxylic acids is 1. The zero-order valence-electron chi connectivity index (χ0n) is 23.6. The first-order valence-corrected chi connectivity index (χ1v) is 12.6. The molecule has 5 heteroatoms. The van der Waals surface area contributed by atoms with E-state index in [0.29, 0.717) is 12.0 Å². The van der Waals surface area contributed by atoms with Crippen LogP contribution in [0.3, 0.4) is 0 Å². The molecule has 0 spiro atoms. The predicted molar refractivity (Wildman–Crippen MR) is 137 cm³/mol. The normalized spacial score (nSPS) is 14.7. The van der Waals surface area contributed by atoms with Crippen LogP contribution in [-0.2, 0) is 4.79 Å². The minimum atomic E-state index is -2.45. The molecule has 0 aromatic heterocycles. The van der Waals surface area contributed by atoms with Crippen LogP contribution >= 0.6 is 0 Å². The number of rotatable bonds is 6. The van der Waals surface area contributed by atoms with E-state index in [1.165, 1.54) is 39.0 Å². The van der Waals surface area contributed by atoms with Crippen molar-refractivity contribution in [2.24, 2.45) is 5.41 Å². The van der Waals surface area contributed by atoms with E-state index in [0.717, 1.165) is 6.42 Å². The van der Waals surface area contributed by atoms with Crippen molar-refractivity contribution in [2.75, 3.05) is 13.1 Å². The molecule has 0 aromatic rings. The second-order valence-corrected chi connectivity index (χ2v) is 9.96. The lowest BCUT2D eigenvalue weighted by Crippen LogP contribution is -2.42. The summed E-state index contributed by atoms with van der Waals surface area (Å²) in [6.07, 6.45) is 7.76. The number of nitrogens with zero attached hydrogens (tertiary/aromatic N) is 2. The van der Waals surface area contributed by atoms with Crippen molar-refractivity contribution in [3.05, 3.63) is 0 Å². The SMILES string of the molecule is CC.CC(=O)CC#N.CCC.CCC(C)(C)N1CCC(F)(F)C1.CCCCCC(C)(C)C. The molecule has 0 aliphatic carbocycles. The van der Waals surface area contributed by atoms with Gasteiger partial charge in [-0.3, -0.25) is 9.69 Å². The summed E-state index contributed by atoms with van der Waals surface area (Å²) < 4.78 is 25.6. The van der Waals surface area contributed by atoms with Gasteiger partial charge in [-0.15, -0.1) is 0 Å². The maximum atomic E-state index is 12.8. The average molecular weight is 463 g/mol. The molecule has 0 unspecified atom stereocenters. The first kappa shape index (κ1) is 38.3. The number of alkyl halides is 2. The second-order valence-electron chi connectivity index (χ2n) is 9.96. The number of halogens is 2. The number of Topliss-reactive ketones (excluding diaryl/α,β-unsaturated/α-hetero) is 1. The Labute approximate surface area is 200 Å². The Hall–Kier alpha value is -1.02. The van der Waals surface area contributed by atoms with E-state index in [9.17, 15) is 13.6 Å². The van der Waals surface area contributed by atoms with Crippen LogP contribution in [0.4, 0.5) is 8.78 Å². The minimum Gasteiger partial charge on any atom is -0.299 e. The van der Waals surface area contributed by atoms with Gasteiger partial charge in [0.25, 0.3) is 5.92 Å². The molecule has 1 rings (SSSR count). The molecule has 194 valence electrons. The van der Waals surface area contributed by atoms with Crippen molar-refractivity contribution >= 4 is 5.78 Å². The van der Waals surface area contributed by atoms with E-state index in [2.05, 4.69) is 41.5 Å². The van der Waals surface area contributed by atoms with Crippen molar-refractivity contribution in [1.29, 1.82) is 5.26 Å². The second kappa shape index (κ2) is 21.8. The van der Waals surface area contributed by atoms with E-state index >= 15 is 0 Å². The molecule has 1 saturated heterocycles. The summed E-state index contributed by atoms with van der Waals surface area (Å²) >= 11 is 0. The fourth-order valence-corrected chi connectivity index (χ4v) is 2.49. The van der Waals surface area contributed by atoms with Crippen LogP contribution in [0.25, 0.3) is 0 Å². The van der Waals surface area contributed by atoms with Crippen molar-refractivity contribution < 1.29 is 13.6 Å². The number of unbranched alkanes of at least 4 members (excludes halogenated alkanes) is 2. The lowest BCUT2D eigenvalue weighted by atomic mass is 9.90. The van der Waals surface area contributed by atoms with Crippen LogP contribution in [0.5, 0.6) is 0 Å². The molecular weight excluding hydrogens is 406 g/mol. The van der Waals surface area contributed by atoms with Gasteiger partial charge in [-0.05, 0) is 39.0 Å². The molecular formula is C27H56F2N2O. The van der Waals surface area contributed by atoms with Crippen LogP contribution < -0.4 is 0 Å². The Morgan fingerprint density at radius 1 is 1.03 bits per heavy atom. The van der Waals surface area contributed by atoms with Gasteiger partial charge in [0, 0.05) is 18.5 Å². The van der Waals surface area contributed by atoms with Crippen LogP contribution in [0.15, 0.2) is 0 Å². The van der Waals surface area contributed by atoms with Gasteiger partial charge in [-0.2, -0.15) is 5.26 Å². The quantitative estimate of drug-likeness (QED) is 0.370. The van der Waals surface area contributed by atoms with Crippen molar-refractivity contribution in [1.82, 2.24) is 4.90 Å². The predicted octanol–water partition coefficient (Wildman–Crippen LogP) is 9.06. The Bertz CT molecular complexity index is 463. The summed E-state index contributed by atoms with van der Waals surface area (Å²) in [5, 5.41) is 7.77. The van der Waals surface area contributed by atoms with Gasteiger partial charge < -0.3 is 0 Å². The number of likely N-dealkylation sites (tertiary alicyclic amines) is 1. The maximum absolute atomic E-state index is 12.8. The van der Waals surface area contributed by atoms with E-state index in [1.807, 2.05) is 39.5 Å². The fourth-order valence-electron chi connectivity index (χ4n) is 2.49. The highest BCUT2D eigenvalue weighted by atomic mass is 19.3. The Balaban J connectivity index is -0.000000174. The highest BCUT2D eigenvalue weighted by Crippen LogP contribution is 2.32. The number of hydrogen-bond donors (Lipinski definition) is 0. The number of carbonyl (C=O) groups is 1. The molecule has 0 bridgehead atoms. The summed E-state index contributed by atoms with van der Waals surface area (Å²) in [7, 11) is 0. The van der Waals surface area contributed by atoms with E-state index < -0.39 is 5.92 Å². The molecule has 32 heavy (non-hydrogen) atoms. The standard InChI is InChI=1S/C9H17F2N.C9H20.C4H5NO.C3H8.C2H6/c1-4-8(2,3)12-6-5-9(10,11)7-12;1-5-6-7-8-9(2,3)4;1-4(6)2-3-5;1-3-2;1-2/h4-7H2,1-3H3;5-8H2,1-4H3;2H2,1H3;3H2,1-2H3;1-2H3. The number of ketones is 1. The smallest absolute Gasteiger partial charge is 0.261 e. The lowest BCUT2D eigenvalue weighted by Gasteiger charge is -2.34.